The molecule has 0 atom stereocenters. The van der Waals surface area contributed by atoms with Gasteiger partial charge in [-0.1, -0.05) is 39.2 Å². The minimum atomic E-state index is 0.0828. The molecule has 2 aromatic rings. The lowest BCUT2D eigenvalue weighted by molar-refractivity contribution is 0.699. The molecule has 0 spiro atoms. The van der Waals surface area contributed by atoms with Gasteiger partial charge >= 0.3 is 0 Å². The summed E-state index contributed by atoms with van der Waals surface area (Å²) in [6.07, 6.45) is 1.44. The minimum Gasteiger partial charge on any atom is -0.365 e. The van der Waals surface area contributed by atoms with Crippen LogP contribution in [0.25, 0.3) is 0 Å². The number of benzene rings is 1. The fourth-order valence-corrected chi connectivity index (χ4v) is 1.51. The summed E-state index contributed by atoms with van der Waals surface area (Å²) in [4.78, 5) is 1.07. The predicted octanol–water partition coefficient (Wildman–Crippen LogP) is 1.44. The molecule has 0 amide bonds. The molecule has 0 fully saturated rings. The number of rotatable bonds is 2. The van der Waals surface area contributed by atoms with E-state index in [0.717, 1.165) is 4.79 Å². The summed E-state index contributed by atoms with van der Waals surface area (Å²) in [5, 5.41) is 15.2. The highest BCUT2D eigenvalue weighted by molar-refractivity contribution is 6.38. The topological polar surface area (TPSA) is 82.0 Å². The van der Waals surface area contributed by atoms with Crippen molar-refractivity contribution in [2.75, 3.05) is 5.73 Å². The summed E-state index contributed by atoms with van der Waals surface area (Å²) in [5.41, 5.74) is 6.01. The number of hydrogen-bond acceptors (Lipinski definition) is 5. The van der Waals surface area contributed by atoms with Gasteiger partial charge in [0, 0.05) is 5.56 Å². The Labute approximate surface area is 101 Å². The monoisotopic (exact) mass is 256 g/mol. The molecule has 0 saturated carbocycles. The van der Waals surface area contributed by atoms with Gasteiger partial charge < -0.3 is 5.73 Å². The molecule has 1 aromatic heterocycles. The van der Waals surface area contributed by atoms with Gasteiger partial charge in [0.25, 0.3) is 5.95 Å². The van der Waals surface area contributed by atoms with E-state index in [4.69, 9.17) is 28.9 Å². The molecule has 8 heteroatoms. The number of nitrogen functional groups attached to an aromatic ring is 1. The van der Waals surface area contributed by atoms with E-state index < -0.39 is 0 Å². The zero-order valence-corrected chi connectivity index (χ0v) is 9.39. The molecule has 1 aromatic carbocycles. The quantitative estimate of drug-likeness (QED) is 0.825. The summed E-state index contributed by atoms with van der Waals surface area (Å²) in [6, 6.07) is 5.16. The van der Waals surface area contributed by atoms with Crippen LogP contribution in [0.5, 0.6) is 0 Å². The van der Waals surface area contributed by atoms with Crippen molar-refractivity contribution < 1.29 is 0 Å². The average Bonchev–Trinajstić information content (AvgIpc) is 2.64. The number of nitrogens with two attached hydrogens (primary N) is 1. The molecule has 6 nitrogen and oxygen atoms in total. The zero-order valence-electron chi connectivity index (χ0n) is 7.88. The van der Waals surface area contributed by atoms with E-state index in [2.05, 4.69) is 20.6 Å². The van der Waals surface area contributed by atoms with Crippen molar-refractivity contribution in [1.29, 1.82) is 0 Å². The van der Waals surface area contributed by atoms with Gasteiger partial charge in [-0.3, -0.25) is 0 Å². The van der Waals surface area contributed by atoms with Crippen molar-refractivity contribution in [2.45, 2.75) is 0 Å². The fourth-order valence-electron chi connectivity index (χ4n) is 1.02. The highest BCUT2D eigenvalue weighted by Gasteiger charge is 2.03. The van der Waals surface area contributed by atoms with Crippen molar-refractivity contribution in [1.82, 2.24) is 20.3 Å². The Morgan fingerprint density at radius 3 is 2.56 bits per heavy atom. The summed E-state index contributed by atoms with van der Waals surface area (Å²) in [7, 11) is 0. The Morgan fingerprint density at radius 1 is 1.31 bits per heavy atom. The van der Waals surface area contributed by atoms with Gasteiger partial charge in [0.2, 0.25) is 0 Å². The van der Waals surface area contributed by atoms with Crippen molar-refractivity contribution >= 4 is 35.4 Å². The maximum absolute atomic E-state index is 5.94. The van der Waals surface area contributed by atoms with Crippen molar-refractivity contribution in [3.63, 3.8) is 0 Å². The Hall–Kier alpha value is -1.66. The van der Waals surface area contributed by atoms with Gasteiger partial charge in [-0.15, -0.1) is 0 Å². The van der Waals surface area contributed by atoms with E-state index in [1.165, 1.54) is 6.21 Å². The largest absolute Gasteiger partial charge is 0.365 e. The van der Waals surface area contributed by atoms with Crippen LogP contribution in [0.3, 0.4) is 0 Å². The van der Waals surface area contributed by atoms with Gasteiger partial charge in [0.05, 0.1) is 16.3 Å². The van der Waals surface area contributed by atoms with E-state index >= 15 is 0 Å². The van der Waals surface area contributed by atoms with Gasteiger partial charge in [-0.05, 0) is 22.6 Å². The first kappa shape index (κ1) is 10.8. The highest BCUT2D eigenvalue weighted by Crippen LogP contribution is 2.22. The maximum atomic E-state index is 5.94. The molecule has 0 saturated heterocycles. The average molecular weight is 257 g/mol. The molecular formula is C8H6Cl2N6. The number of halogens is 2. The molecule has 0 aliphatic heterocycles. The van der Waals surface area contributed by atoms with Crippen LogP contribution in [0.2, 0.25) is 10.0 Å². The SMILES string of the molecule is Nc1nnnn1N=Cc1c(Cl)cccc1Cl. The molecule has 0 aliphatic rings. The van der Waals surface area contributed by atoms with Gasteiger partial charge in [-0.25, -0.2) is 0 Å². The van der Waals surface area contributed by atoms with Crippen LogP contribution in [0, 0.1) is 0 Å². The van der Waals surface area contributed by atoms with Crippen LogP contribution < -0.4 is 5.73 Å². The second-order valence-corrected chi connectivity index (χ2v) is 3.62. The third kappa shape index (κ3) is 2.12. The third-order valence-corrected chi connectivity index (χ3v) is 2.43. The Balaban J connectivity index is 2.34. The molecule has 0 radical (unpaired) electrons. The molecule has 0 unspecified atom stereocenters. The van der Waals surface area contributed by atoms with E-state index in [1.807, 2.05) is 0 Å². The number of hydrogen-bond donors (Lipinski definition) is 1. The molecular weight excluding hydrogens is 251 g/mol. The van der Waals surface area contributed by atoms with E-state index in [0.29, 0.717) is 15.6 Å². The molecule has 2 rings (SSSR count). The summed E-state index contributed by atoms with van der Waals surface area (Å²) in [6.45, 7) is 0. The first-order valence-electron chi connectivity index (χ1n) is 4.20. The Bertz CT molecular complexity index is 515. The van der Waals surface area contributed by atoms with Crippen LogP contribution in [0.1, 0.15) is 5.56 Å². The smallest absolute Gasteiger partial charge is 0.263 e. The first-order chi connectivity index (χ1) is 7.68. The van der Waals surface area contributed by atoms with Crippen LogP contribution in [0.4, 0.5) is 5.95 Å². The van der Waals surface area contributed by atoms with Gasteiger partial charge in [0.1, 0.15) is 0 Å². The van der Waals surface area contributed by atoms with Crippen LogP contribution in [-0.4, -0.2) is 26.5 Å². The van der Waals surface area contributed by atoms with Crippen LogP contribution >= 0.6 is 23.2 Å². The number of aromatic nitrogens is 4. The standard InChI is InChI=1S/C8H6Cl2N6/c9-6-2-1-3-7(10)5(6)4-12-16-8(11)13-14-15-16/h1-4H,(H2,11,13,15). The van der Waals surface area contributed by atoms with Crippen LogP contribution in [0.15, 0.2) is 23.3 Å². The van der Waals surface area contributed by atoms with Crippen LogP contribution in [-0.2, 0) is 0 Å². The zero-order chi connectivity index (χ0) is 11.5. The van der Waals surface area contributed by atoms with Gasteiger partial charge in [-0.2, -0.15) is 5.10 Å². The lowest BCUT2D eigenvalue weighted by Gasteiger charge is -1.99. The van der Waals surface area contributed by atoms with E-state index in [1.54, 1.807) is 18.2 Å². The van der Waals surface area contributed by atoms with E-state index in [-0.39, 0.29) is 5.95 Å². The van der Waals surface area contributed by atoms with Crippen molar-refractivity contribution in [2.24, 2.45) is 5.10 Å². The number of anilines is 1. The maximum Gasteiger partial charge on any atom is 0.263 e. The lowest BCUT2D eigenvalue weighted by atomic mass is 10.2. The fraction of sp³-hybridized carbons (Fsp3) is 0. The van der Waals surface area contributed by atoms with Crippen molar-refractivity contribution in [3.8, 4) is 0 Å². The molecule has 16 heavy (non-hydrogen) atoms. The predicted molar refractivity (Wildman–Crippen MR) is 61.7 cm³/mol. The molecule has 0 aliphatic carbocycles. The second-order valence-electron chi connectivity index (χ2n) is 2.81. The first-order valence-corrected chi connectivity index (χ1v) is 4.96. The minimum absolute atomic E-state index is 0.0828. The number of tetrazole rings is 1. The molecule has 82 valence electrons. The normalized spacial score (nSPS) is 11.1. The van der Waals surface area contributed by atoms with E-state index in [9.17, 15) is 0 Å². The highest BCUT2D eigenvalue weighted by atomic mass is 35.5. The summed E-state index contributed by atoms with van der Waals surface area (Å²) < 4.78 is 0. The number of nitrogens with zero attached hydrogens (tertiary/aromatic N) is 5. The van der Waals surface area contributed by atoms with Gasteiger partial charge in [0.15, 0.2) is 0 Å². The second kappa shape index (κ2) is 4.46. The Kier molecular flexibility index (Phi) is 3.02. The molecule has 0 bridgehead atoms. The molecule has 1 heterocycles. The molecule has 2 N–H and O–H groups in total. The Morgan fingerprint density at radius 2 is 2.00 bits per heavy atom. The van der Waals surface area contributed by atoms with Crippen molar-refractivity contribution in [3.05, 3.63) is 33.8 Å². The summed E-state index contributed by atoms with van der Waals surface area (Å²) >= 11 is 11.9. The third-order valence-electron chi connectivity index (χ3n) is 1.77. The lowest BCUT2D eigenvalue weighted by Crippen LogP contribution is -2.00. The summed E-state index contributed by atoms with van der Waals surface area (Å²) in [5.74, 6) is 0.0828.